The van der Waals surface area contributed by atoms with E-state index >= 15 is 0 Å². The van der Waals surface area contributed by atoms with Gasteiger partial charge in [-0.1, -0.05) is 19.9 Å². The van der Waals surface area contributed by atoms with Crippen molar-refractivity contribution in [1.82, 2.24) is 5.32 Å². The quantitative estimate of drug-likeness (QED) is 0.638. The van der Waals surface area contributed by atoms with Gasteiger partial charge in [0, 0.05) is 16.7 Å². The van der Waals surface area contributed by atoms with Crippen LogP contribution in [0.1, 0.15) is 40.2 Å². The number of amidine groups is 1. The highest BCUT2D eigenvalue weighted by Crippen LogP contribution is 2.44. The molecule has 0 radical (unpaired) electrons. The van der Waals surface area contributed by atoms with E-state index in [4.69, 9.17) is 15.2 Å². The predicted molar refractivity (Wildman–Crippen MR) is 103 cm³/mol. The van der Waals surface area contributed by atoms with Gasteiger partial charge in [-0.3, -0.25) is 4.79 Å². The number of hydrogen-bond acceptors (Lipinski definition) is 5. The maximum atomic E-state index is 11.9. The van der Waals surface area contributed by atoms with Crippen LogP contribution in [0.15, 0.2) is 40.1 Å². The van der Waals surface area contributed by atoms with E-state index in [9.17, 15) is 4.79 Å². The minimum Gasteiger partial charge on any atom is -0.492 e. The molecule has 3 N–H and O–H groups in total. The SMILES string of the molecule is C=N/C(=N\C=C(/C)NC(=O)C(C)(C)N)Oc1cccc2c1C(C)(C)CO2. The number of fused-ring (bicyclic) bond motifs is 1. The van der Waals surface area contributed by atoms with Crippen molar-refractivity contribution in [1.29, 1.82) is 0 Å². The van der Waals surface area contributed by atoms with Crippen LogP contribution in [0.4, 0.5) is 0 Å². The third kappa shape index (κ3) is 4.49. The molecule has 7 heteroatoms. The summed E-state index contributed by atoms with van der Waals surface area (Å²) < 4.78 is 11.5. The first-order chi connectivity index (χ1) is 12.0. The molecule has 1 amide bonds. The third-order valence-electron chi connectivity index (χ3n) is 3.85. The van der Waals surface area contributed by atoms with Gasteiger partial charge in [0.15, 0.2) is 0 Å². The van der Waals surface area contributed by atoms with Crippen molar-refractivity contribution in [2.24, 2.45) is 15.7 Å². The highest BCUT2D eigenvalue weighted by molar-refractivity contribution is 5.86. The first kappa shape index (κ1) is 19.7. The molecule has 1 heterocycles. The second-order valence-corrected chi connectivity index (χ2v) is 7.46. The topological polar surface area (TPSA) is 98.3 Å². The zero-order valence-electron chi connectivity index (χ0n) is 15.9. The molecule has 0 unspecified atom stereocenters. The van der Waals surface area contributed by atoms with Crippen molar-refractivity contribution in [3.63, 3.8) is 0 Å². The number of allylic oxidation sites excluding steroid dienone is 1. The van der Waals surface area contributed by atoms with Crippen molar-refractivity contribution < 1.29 is 14.3 Å². The van der Waals surface area contributed by atoms with Gasteiger partial charge < -0.3 is 20.5 Å². The lowest BCUT2D eigenvalue weighted by Gasteiger charge is -2.18. The summed E-state index contributed by atoms with van der Waals surface area (Å²) in [5.41, 5.74) is 6.07. The molecule has 0 spiro atoms. The number of nitrogens with zero attached hydrogens (tertiary/aromatic N) is 2. The van der Waals surface area contributed by atoms with E-state index in [-0.39, 0.29) is 17.3 Å². The minimum absolute atomic E-state index is 0.0710. The normalized spacial score (nSPS) is 16.5. The van der Waals surface area contributed by atoms with Gasteiger partial charge in [-0.2, -0.15) is 0 Å². The Morgan fingerprint density at radius 2 is 2.15 bits per heavy atom. The molecule has 1 aliphatic heterocycles. The Kier molecular flexibility index (Phi) is 5.51. The van der Waals surface area contributed by atoms with Crippen molar-refractivity contribution in [3.05, 3.63) is 35.7 Å². The summed E-state index contributed by atoms with van der Waals surface area (Å²) in [5, 5.41) is 2.67. The number of nitrogens with one attached hydrogen (secondary N) is 1. The molecule has 7 nitrogen and oxygen atoms in total. The second kappa shape index (κ2) is 7.29. The van der Waals surface area contributed by atoms with E-state index in [1.54, 1.807) is 20.8 Å². The summed E-state index contributed by atoms with van der Waals surface area (Å²) in [7, 11) is 0. The van der Waals surface area contributed by atoms with Crippen LogP contribution >= 0.6 is 0 Å². The fourth-order valence-electron chi connectivity index (χ4n) is 2.44. The Balaban J connectivity index is 2.20. The summed E-state index contributed by atoms with van der Waals surface area (Å²) >= 11 is 0. The summed E-state index contributed by atoms with van der Waals surface area (Å²) in [6, 6.07) is 5.66. The van der Waals surface area contributed by atoms with E-state index < -0.39 is 5.54 Å². The van der Waals surface area contributed by atoms with E-state index in [1.807, 2.05) is 18.2 Å². The van der Waals surface area contributed by atoms with Crippen LogP contribution in [0.5, 0.6) is 11.5 Å². The number of aliphatic imine (C=N–C) groups is 2. The molecule has 0 aliphatic carbocycles. The molecule has 26 heavy (non-hydrogen) atoms. The van der Waals surface area contributed by atoms with Crippen molar-refractivity contribution in [3.8, 4) is 11.5 Å². The molecule has 0 saturated carbocycles. The molecule has 0 aromatic heterocycles. The average molecular weight is 358 g/mol. The molecular formula is C19H26N4O3. The molecule has 1 aromatic carbocycles. The van der Waals surface area contributed by atoms with Gasteiger partial charge in [-0.25, -0.2) is 9.98 Å². The Hall–Kier alpha value is -2.67. The molecular weight excluding hydrogens is 332 g/mol. The lowest BCUT2D eigenvalue weighted by molar-refractivity contribution is -0.124. The van der Waals surface area contributed by atoms with Crippen molar-refractivity contribution in [2.75, 3.05) is 6.61 Å². The van der Waals surface area contributed by atoms with E-state index in [1.165, 1.54) is 6.20 Å². The maximum Gasteiger partial charge on any atom is 0.321 e. The maximum absolute atomic E-state index is 11.9. The zero-order valence-corrected chi connectivity index (χ0v) is 15.9. The predicted octanol–water partition coefficient (Wildman–Crippen LogP) is 2.51. The van der Waals surface area contributed by atoms with Gasteiger partial charge in [-0.05, 0) is 39.6 Å². The Morgan fingerprint density at radius 1 is 1.46 bits per heavy atom. The number of carbonyl (C=O) groups is 1. The summed E-state index contributed by atoms with van der Waals surface area (Å²) in [5.74, 6) is 1.10. The van der Waals surface area contributed by atoms with E-state index in [2.05, 4.69) is 35.9 Å². The standard InChI is InChI=1S/C19H26N4O3/c1-12(23-16(24)19(4,5)20)10-22-17(21-6)26-14-9-7-8-13-15(14)18(2,3)11-25-13/h7-10H,6,11,20H2,1-5H3,(H,23,24)/b12-10+,22-17+. The van der Waals surface area contributed by atoms with Crippen LogP contribution in [-0.4, -0.2) is 30.8 Å². The molecule has 1 aromatic rings. The number of rotatable bonds is 4. The van der Waals surface area contributed by atoms with Crippen LogP contribution in [0.3, 0.4) is 0 Å². The van der Waals surface area contributed by atoms with Crippen molar-refractivity contribution in [2.45, 2.75) is 45.6 Å². The van der Waals surface area contributed by atoms with Gasteiger partial charge in [0.25, 0.3) is 0 Å². The lowest BCUT2D eigenvalue weighted by Crippen LogP contribution is -2.48. The largest absolute Gasteiger partial charge is 0.492 e. The Bertz CT molecular complexity index is 773. The monoisotopic (exact) mass is 358 g/mol. The zero-order chi connectivity index (χ0) is 19.5. The van der Waals surface area contributed by atoms with E-state index in [0.717, 1.165) is 11.3 Å². The number of carbonyl (C=O) groups excluding carboxylic acids is 1. The van der Waals surface area contributed by atoms with Crippen LogP contribution in [-0.2, 0) is 10.2 Å². The molecule has 2 rings (SSSR count). The fraction of sp³-hybridized carbons (Fsp3) is 0.421. The second-order valence-electron chi connectivity index (χ2n) is 7.46. The summed E-state index contributed by atoms with van der Waals surface area (Å²) in [6.45, 7) is 13.2. The fourth-order valence-corrected chi connectivity index (χ4v) is 2.44. The first-order valence-corrected chi connectivity index (χ1v) is 8.30. The number of hydrogen-bond donors (Lipinski definition) is 2. The number of ether oxygens (including phenoxy) is 2. The molecule has 140 valence electrons. The number of benzene rings is 1. The van der Waals surface area contributed by atoms with Gasteiger partial charge in [0.1, 0.15) is 11.5 Å². The highest BCUT2D eigenvalue weighted by atomic mass is 16.5. The van der Waals surface area contributed by atoms with Crippen LogP contribution in [0, 0.1) is 0 Å². The van der Waals surface area contributed by atoms with Gasteiger partial charge in [0.2, 0.25) is 5.91 Å². The molecule has 0 fully saturated rings. The summed E-state index contributed by atoms with van der Waals surface area (Å²) in [4.78, 5) is 19.8. The van der Waals surface area contributed by atoms with E-state index in [0.29, 0.717) is 18.1 Å². The minimum atomic E-state index is -0.981. The van der Waals surface area contributed by atoms with Crippen LogP contribution in [0.2, 0.25) is 0 Å². The van der Waals surface area contributed by atoms with Gasteiger partial charge in [0.05, 0.1) is 18.3 Å². The number of amides is 1. The van der Waals surface area contributed by atoms with Gasteiger partial charge >= 0.3 is 6.02 Å². The molecule has 0 atom stereocenters. The molecule has 0 saturated heterocycles. The van der Waals surface area contributed by atoms with Crippen molar-refractivity contribution >= 4 is 18.6 Å². The average Bonchev–Trinajstić information content (AvgIpc) is 2.86. The molecule has 0 bridgehead atoms. The van der Waals surface area contributed by atoms with Crippen LogP contribution < -0.4 is 20.5 Å². The molecule has 1 aliphatic rings. The Labute approximate surface area is 154 Å². The number of nitrogens with two attached hydrogens (primary N) is 1. The highest BCUT2D eigenvalue weighted by Gasteiger charge is 2.35. The Morgan fingerprint density at radius 3 is 2.77 bits per heavy atom. The first-order valence-electron chi connectivity index (χ1n) is 8.30. The third-order valence-corrected chi connectivity index (χ3v) is 3.85. The van der Waals surface area contributed by atoms with Gasteiger partial charge in [-0.15, -0.1) is 0 Å². The smallest absolute Gasteiger partial charge is 0.321 e. The summed E-state index contributed by atoms with van der Waals surface area (Å²) in [6.07, 6.45) is 1.44. The van der Waals surface area contributed by atoms with Crippen LogP contribution in [0.25, 0.3) is 0 Å². The lowest BCUT2D eigenvalue weighted by atomic mass is 9.86.